The van der Waals surface area contributed by atoms with Crippen molar-refractivity contribution in [2.75, 3.05) is 11.9 Å². The summed E-state index contributed by atoms with van der Waals surface area (Å²) in [6.07, 6.45) is 3.14. The Kier molecular flexibility index (Phi) is 9.28. The summed E-state index contributed by atoms with van der Waals surface area (Å²) in [5, 5.41) is 6.48. The normalized spacial score (nSPS) is 11.4. The fourth-order valence-corrected chi connectivity index (χ4v) is 3.09. The molecule has 0 bridgehead atoms. The molecule has 0 radical (unpaired) electrons. The van der Waals surface area contributed by atoms with Crippen LogP contribution in [0.2, 0.25) is 0 Å². The number of guanidine groups is 1. The van der Waals surface area contributed by atoms with E-state index in [-0.39, 0.29) is 24.0 Å². The standard InChI is InChI=1S/C18H26N4S.HI/c1-13(2)15-7-6-8-16(11-15)22-18(19)20-10-5-4-9-17-21-14(3)12-23-17;/h6-8,11-13H,4-5,9-10H2,1-3H3,(H3,19,20,22);1H. The molecule has 3 N–H and O–H groups in total. The average molecular weight is 458 g/mol. The van der Waals surface area contributed by atoms with Crippen LogP contribution in [0.25, 0.3) is 0 Å². The SMILES string of the molecule is Cc1csc(CCCCN=C(N)Nc2cccc(C(C)C)c2)n1.I. The van der Waals surface area contributed by atoms with Gasteiger partial charge >= 0.3 is 0 Å². The number of aryl methyl sites for hydroxylation is 2. The maximum absolute atomic E-state index is 5.96. The van der Waals surface area contributed by atoms with E-state index in [0.29, 0.717) is 11.9 Å². The summed E-state index contributed by atoms with van der Waals surface area (Å²) in [7, 11) is 0. The first-order chi connectivity index (χ1) is 11.0. The third-order valence-electron chi connectivity index (χ3n) is 3.57. The number of unbranched alkanes of at least 4 members (excludes halogenated alkanes) is 1. The number of halogens is 1. The van der Waals surface area contributed by atoms with E-state index in [4.69, 9.17) is 5.73 Å². The molecule has 0 saturated carbocycles. The zero-order chi connectivity index (χ0) is 16.7. The molecular formula is C18H27IN4S. The van der Waals surface area contributed by atoms with Gasteiger partial charge in [-0.15, -0.1) is 35.3 Å². The Labute approximate surface area is 166 Å². The molecule has 1 aromatic heterocycles. The van der Waals surface area contributed by atoms with Gasteiger partial charge in [-0.05, 0) is 49.8 Å². The second-order valence-corrected chi connectivity index (χ2v) is 6.95. The summed E-state index contributed by atoms with van der Waals surface area (Å²) in [5.74, 6) is 0.986. The number of nitrogens with zero attached hydrogens (tertiary/aromatic N) is 2. The molecule has 0 aliphatic carbocycles. The summed E-state index contributed by atoms with van der Waals surface area (Å²) in [6, 6.07) is 8.31. The minimum absolute atomic E-state index is 0. The third kappa shape index (κ3) is 7.17. The fraction of sp³-hybridized carbons (Fsp3) is 0.444. The molecule has 1 aromatic carbocycles. The quantitative estimate of drug-likeness (QED) is 0.267. The molecule has 132 valence electrons. The fourth-order valence-electron chi connectivity index (χ4n) is 2.27. The molecule has 0 fully saturated rings. The summed E-state index contributed by atoms with van der Waals surface area (Å²) >= 11 is 1.74. The number of benzene rings is 1. The average Bonchev–Trinajstić information content (AvgIpc) is 2.92. The molecule has 0 spiro atoms. The lowest BCUT2D eigenvalue weighted by Crippen LogP contribution is -2.22. The van der Waals surface area contributed by atoms with Gasteiger partial charge < -0.3 is 11.1 Å². The predicted molar refractivity (Wildman–Crippen MR) is 116 cm³/mol. The van der Waals surface area contributed by atoms with E-state index in [2.05, 4.69) is 46.7 Å². The van der Waals surface area contributed by atoms with Crippen molar-refractivity contribution in [3.05, 3.63) is 45.9 Å². The van der Waals surface area contributed by atoms with Crippen LogP contribution in [0.4, 0.5) is 5.69 Å². The highest BCUT2D eigenvalue weighted by Crippen LogP contribution is 2.18. The van der Waals surface area contributed by atoms with Crippen LogP contribution < -0.4 is 11.1 Å². The van der Waals surface area contributed by atoms with Gasteiger partial charge in [-0.3, -0.25) is 4.99 Å². The van der Waals surface area contributed by atoms with Gasteiger partial charge in [-0.25, -0.2) is 4.98 Å². The molecule has 0 amide bonds. The number of nitrogens with two attached hydrogens (primary N) is 1. The minimum atomic E-state index is 0. The van der Waals surface area contributed by atoms with Crippen LogP contribution in [0.3, 0.4) is 0 Å². The van der Waals surface area contributed by atoms with E-state index in [1.165, 1.54) is 10.6 Å². The van der Waals surface area contributed by atoms with Gasteiger partial charge in [-0.1, -0.05) is 26.0 Å². The Bertz CT molecular complexity index is 652. The lowest BCUT2D eigenvalue weighted by molar-refractivity contribution is 0.741. The van der Waals surface area contributed by atoms with Crippen molar-refractivity contribution < 1.29 is 0 Å². The highest BCUT2D eigenvalue weighted by Gasteiger charge is 2.01. The van der Waals surface area contributed by atoms with E-state index < -0.39 is 0 Å². The highest BCUT2D eigenvalue weighted by atomic mass is 127. The molecule has 0 saturated heterocycles. The molecule has 0 atom stereocenters. The Morgan fingerprint density at radius 3 is 2.79 bits per heavy atom. The van der Waals surface area contributed by atoms with Gasteiger partial charge in [0.25, 0.3) is 0 Å². The molecule has 0 unspecified atom stereocenters. The van der Waals surface area contributed by atoms with Crippen molar-refractivity contribution in [3.63, 3.8) is 0 Å². The summed E-state index contributed by atoms with van der Waals surface area (Å²) in [5.41, 5.74) is 9.36. The van der Waals surface area contributed by atoms with Crippen LogP contribution in [-0.4, -0.2) is 17.5 Å². The number of aromatic nitrogens is 1. The lowest BCUT2D eigenvalue weighted by atomic mass is 10.0. The number of aliphatic imine (C=N–C) groups is 1. The molecule has 0 aliphatic rings. The Morgan fingerprint density at radius 1 is 1.33 bits per heavy atom. The topological polar surface area (TPSA) is 63.3 Å². The van der Waals surface area contributed by atoms with Crippen LogP contribution in [0, 0.1) is 6.92 Å². The van der Waals surface area contributed by atoms with E-state index in [9.17, 15) is 0 Å². The van der Waals surface area contributed by atoms with Gasteiger partial charge in [0, 0.05) is 23.3 Å². The van der Waals surface area contributed by atoms with Gasteiger partial charge in [0.1, 0.15) is 0 Å². The first-order valence-corrected chi connectivity index (χ1v) is 9.00. The third-order valence-corrected chi connectivity index (χ3v) is 4.60. The van der Waals surface area contributed by atoms with Crippen LogP contribution in [0.1, 0.15) is 48.9 Å². The van der Waals surface area contributed by atoms with Gasteiger partial charge in [0.05, 0.1) is 5.01 Å². The molecule has 2 rings (SSSR count). The Balaban J connectivity index is 0.00000288. The Morgan fingerprint density at radius 2 is 2.12 bits per heavy atom. The largest absolute Gasteiger partial charge is 0.370 e. The van der Waals surface area contributed by atoms with Gasteiger partial charge in [0.2, 0.25) is 0 Å². The zero-order valence-electron chi connectivity index (χ0n) is 14.6. The maximum atomic E-state index is 5.96. The number of nitrogens with one attached hydrogen (secondary N) is 1. The molecule has 2 aromatic rings. The summed E-state index contributed by atoms with van der Waals surface area (Å²) in [4.78, 5) is 8.86. The first kappa shape index (κ1) is 20.9. The number of thiazole rings is 1. The highest BCUT2D eigenvalue weighted by molar-refractivity contribution is 14.0. The van der Waals surface area contributed by atoms with E-state index in [1.807, 2.05) is 19.1 Å². The minimum Gasteiger partial charge on any atom is -0.370 e. The second kappa shape index (κ2) is 10.7. The smallest absolute Gasteiger partial charge is 0.193 e. The summed E-state index contributed by atoms with van der Waals surface area (Å²) in [6.45, 7) is 7.14. The summed E-state index contributed by atoms with van der Waals surface area (Å²) < 4.78 is 0. The molecular weight excluding hydrogens is 431 g/mol. The van der Waals surface area contributed by atoms with Crippen molar-refractivity contribution >= 4 is 47.0 Å². The van der Waals surface area contributed by atoms with Crippen molar-refractivity contribution in [3.8, 4) is 0 Å². The van der Waals surface area contributed by atoms with Crippen LogP contribution in [-0.2, 0) is 6.42 Å². The monoisotopic (exact) mass is 458 g/mol. The molecule has 0 aliphatic heterocycles. The molecule has 4 nitrogen and oxygen atoms in total. The van der Waals surface area contributed by atoms with E-state index in [1.54, 1.807) is 11.3 Å². The first-order valence-electron chi connectivity index (χ1n) is 8.12. The van der Waals surface area contributed by atoms with Crippen molar-refractivity contribution in [1.29, 1.82) is 0 Å². The molecule has 24 heavy (non-hydrogen) atoms. The second-order valence-electron chi connectivity index (χ2n) is 6.01. The van der Waals surface area contributed by atoms with E-state index >= 15 is 0 Å². The lowest BCUT2D eigenvalue weighted by Gasteiger charge is -2.09. The molecule has 6 heteroatoms. The Hall–Kier alpha value is -1.15. The van der Waals surface area contributed by atoms with E-state index in [0.717, 1.165) is 37.2 Å². The predicted octanol–water partition coefficient (Wildman–Crippen LogP) is 4.94. The van der Waals surface area contributed by atoms with Crippen molar-refractivity contribution in [2.45, 2.75) is 46.0 Å². The molecule has 1 heterocycles. The zero-order valence-corrected chi connectivity index (χ0v) is 17.7. The van der Waals surface area contributed by atoms with Gasteiger partial charge in [-0.2, -0.15) is 0 Å². The van der Waals surface area contributed by atoms with Crippen molar-refractivity contribution in [2.24, 2.45) is 10.7 Å². The number of hydrogen-bond donors (Lipinski definition) is 2. The number of rotatable bonds is 7. The maximum Gasteiger partial charge on any atom is 0.193 e. The van der Waals surface area contributed by atoms with Crippen LogP contribution in [0.5, 0.6) is 0 Å². The number of anilines is 1. The number of hydrogen-bond acceptors (Lipinski definition) is 3. The van der Waals surface area contributed by atoms with Gasteiger partial charge in [0.15, 0.2) is 5.96 Å². The van der Waals surface area contributed by atoms with Crippen molar-refractivity contribution in [1.82, 2.24) is 4.98 Å². The van der Waals surface area contributed by atoms with Crippen LogP contribution >= 0.6 is 35.3 Å². The van der Waals surface area contributed by atoms with Crippen LogP contribution in [0.15, 0.2) is 34.6 Å².